The fourth-order valence-electron chi connectivity index (χ4n) is 3.25. The van der Waals surface area contributed by atoms with E-state index < -0.39 is 0 Å². The van der Waals surface area contributed by atoms with Gasteiger partial charge in [0.2, 0.25) is 0 Å². The van der Waals surface area contributed by atoms with E-state index in [0.717, 1.165) is 23.1 Å². The van der Waals surface area contributed by atoms with Gasteiger partial charge in [0.1, 0.15) is 11.5 Å². The monoisotopic (exact) mass is 262 g/mol. The number of ether oxygens (including phenoxy) is 2. The van der Waals surface area contributed by atoms with E-state index >= 15 is 0 Å². The second kappa shape index (κ2) is 5.29. The van der Waals surface area contributed by atoms with E-state index in [1.165, 1.54) is 32.5 Å². The molecular formula is C15H22N2O2. The van der Waals surface area contributed by atoms with Gasteiger partial charge in [-0.3, -0.25) is 0 Å². The lowest BCUT2D eigenvalue weighted by Gasteiger charge is -2.31. The van der Waals surface area contributed by atoms with Crippen LogP contribution in [0.4, 0.5) is 5.69 Å². The molecule has 0 radical (unpaired) electrons. The number of nitrogens with zero attached hydrogens (tertiary/aromatic N) is 1. The Morgan fingerprint density at radius 1 is 1.05 bits per heavy atom. The maximum atomic E-state index is 5.32. The molecule has 4 heteroatoms. The summed E-state index contributed by atoms with van der Waals surface area (Å²) in [6, 6.07) is 6.58. The molecule has 19 heavy (non-hydrogen) atoms. The van der Waals surface area contributed by atoms with Crippen molar-refractivity contribution in [1.29, 1.82) is 0 Å². The van der Waals surface area contributed by atoms with Crippen LogP contribution in [0.5, 0.6) is 11.5 Å². The van der Waals surface area contributed by atoms with Gasteiger partial charge in [-0.05, 0) is 25.3 Å². The lowest BCUT2D eigenvalue weighted by Crippen LogP contribution is -2.39. The summed E-state index contributed by atoms with van der Waals surface area (Å²) in [5, 5.41) is 3.67. The number of piperidine rings is 1. The number of anilines is 1. The summed E-state index contributed by atoms with van der Waals surface area (Å²) in [4.78, 5) is 2.56. The van der Waals surface area contributed by atoms with Gasteiger partial charge < -0.3 is 19.7 Å². The SMILES string of the molecule is COc1cc(NC2CCN3CCC2C3)cc(OC)c1. The lowest BCUT2D eigenvalue weighted by atomic mass is 9.94. The quantitative estimate of drug-likeness (QED) is 0.902. The van der Waals surface area contributed by atoms with Gasteiger partial charge in [0.15, 0.2) is 0 Å². The number of benzene rings is 1. The van der Waals surface area contributed by atoms with E-state index in [1.54, 1.807) is 14.2 Å². The van der Waals surface area contributed by atoms with Crippen LogP contribution in [0.25, 0.3) is 0 Å². The molecule has 1 aromatic rings. The van der Waals surface area contributed by atoms with Crippen molar-refractivity contribution in [2.24, 2.45) is 5.92 Å². The van der Waals surface area contributed by atoms with Crippen LogP contribution < -0.4 is 14.8 Å². The maximum Gasteiger partial charge on any atom is 0.124 e. The van der Waals surface area contributed by atoms with Crippen molar-refractivity contribution in [1.82, 2.24) is 4.90 Å². The molecule has 3 rings (SSSR count). The van der Waals surface area contributed by atoms with Crippen molar-refractivity contribution < 1.29 is 9.47 Å². The third-order valence-electron chi connectivity index (χ3n) is 4.34. The molecule has 2 aliphatic rings. The van der Waals surface area contributed by atoms with Crippen LogP contribution in [-0.4, -0.2) is 44.8 Å². The molecule has 4 nitrogen and oxygen atoms in total. The Kier molecular flexibility index (Phi) is 3.51. The number of fused-ring (bicyclic) bond motifs is 2. The normalized spacial score (nSPS) is 29.1. The minimum atomic E-state index is 0.579. The number of methoxy groups -OCH3 is 2. The fraction of sp³-hybridized carbons (Fsp3) is 0.600. The standard InChI is InChI=1S/C15H22N2O2/c1-18-13-7-12(8-14(9-13)19-2)16-15-4-6-17-5-3-11(15)10-17/h7-9,11,15-16H,3-6,10H2,1-2H3. The van der Waals surface area contributed by atoms with Gasteiger partial charge in [0, 0.05) is 43.0 Å². The molecular weight excluding hydrogens is 240 g/mol. The second-order valence-electron chi connectivity index (χ2n) is 5.49. The van der Waals surface area contributed by atoms with Gasteiger partial charge >= 0.3 is 0 Å². The van der Waals surface area contributed by atoms with E-state index in [2.05, 4.69) is 10.2 Å². The molecule has 2 bridgehead atoms. The van der Waals surface area contributed by atoms with Crippen molar-refractivity contribution in [2.75, 3.05) is 39.2 Å². The van der Waals surface area contributed by atoms with Gasteiger partial charge in [-0.2, -0.15) is 0 Å². The topological polar surface area (TPSA) is 33.7 Å². The number of hydrogen-bond acceptors (Lipinski definition) is 4. The van der Waals surface area contributed by atoms with Gasteiger partial charge in [-0.15, -0.1) is 0 Å². The molecule has 0 aliphatic carbocycles. The van der Waals surface area contributed by atoms with Crippen molar-refractivity contribution in [3.05, 3.63) is 18.2 Å². The van der Waals surface area contributed by atoms with Gasteiger partial charge in [-0.25, -0.2) is 0 Å². The molecule has 1 N–H and O–H groups in total. The first-order chi connectivity index (χ1) is 9.28. The number of rotatable bonds is 4. The Morgan fingerprint density at radius 2 is 1.74 bits per heavy atom. The van der Waals surface area contributed by atoms with Gasteiger partial charge in [-0.1, -0.05) is 0 Å². The van der Waals surface area contributed by atoms with E-state index in [9.17, 15) is 0 Å². The molecule has 0 saturated carbocycles. The zero-order valence-electron chi connectivity index (χ0n) is 11.7. The average molecular weight is 262 g/mol. The second-order valence-corrected chi connectivity index (χ2v) is 5.49. The molecule has 2 aliphatic heterocycles. The van der Waals surface area contributed by atoms with Crippen LogP contribution in [0.1, 0.15) is 12.8 Å². The largest absolute Gasteiger partial charge is 0.497 e. The Morgan fingerprint density at radius 3 is 2.42 bits per heavy atom. The summed E-state index contributed by atoms with van der Waals surface area (Å²) >= 11 is 0. The minimum Gasteiger partial charge on any atom is -0.497 e. The van der Waals surface area contributed by atoms with Crippen LogP contribution in [0.3, 0.4) is 0 Å². The summed E-state index contributed by atoms with van der Waals surface area (Å²) in [6.07, 6.45) is 2.54. The molecule has 0 spiro atoms. The third-order valence-corrected chi connectivity index (χ3v) is 4.34. The zero-order chi connectivity index (χ0) is 13.2. The Balaban J connectivity index is 1.75. The summed E-state index contributed by atoms with van der Waals surface area (Å²) in [7, 11) is 3.38. The molecule has 3 atom stereocenters. The van der Waals surface area contributed by atoms with E-state index in [4.69, 9.17) is 9.47 Å². The predicted octanol–water partition coefficient (Wildman–Crippen LogP) is 2.21. The highest BCUT2D eigenvalue weighted by Crippen LogP contribution is 2.32. The van der Waals surface area contributed by atoms with Crippen molar-refractivity contribution >= 4 is 5.69 Å². The number of nitrogens with one attached hydrogen (secondary N) is 1. The van der Waals surface area contributed by atoms with Crippen molar-refractivity contribution in [3.63, 3.8) is 0 Å². The molecule has 1 aromatic carbocycles. The Labute approximate surface area is 114 Å². The highest BCUT2D eigenvalue weighted by atomic mass is 16.5. The van der Waals surface area contributed by atoms with Gasteiger partial charge in [0.25, 0.3) is 0 Å². The van der Waals surface area contributed by atoms with E-state index in [1.807, 2.05) is 18.2 Å². The zero-order valence-corrected chi connectivity index (χ0v) is 11.7. The Bertz CT molecular complexity index is 428. The highest BCUT2D eigenvalue weighted by molar-refractivity contribution is 5.54. The predicted molar refractivity (Wildman–Crippen MR) is 76.1 cm³/mol. The van der Waals surface area contributed by atoms with E-state index in [-0.39, 0.29) is 0 Å². The molecule has 0 aromatic heterocycles. The lowest BCUT2D eigenvalue weighted by molar-refractivity contribution is 0.255. The van der Waals surface area contributed by atoms with Crippen molar-refractivity contribution in [2.45, 2.75) is 18.9 Å². The fourth-order valence-corrected chi connectivity index (χ4v) is 3.25. The van der Waals surface area contributed by atoms with Crippen LogP contribution in [-0.2, 0) is 0 Å². The third kappa shape index (κ3) is 2.63. The summed E-state index contributed by atoms with van der Waals surface area (Å²) in [5.41, 5.74) is 1.10. The molecule has 3 unspecified atom stereocenters. The van der Waals surface area contributed by atoms with E-state index in [0.29, 0.717) is 6.04 Å². The number of hydrogen-bond donors (Lipinski definition) is 1. The summed E-state index contributed by atoms with van der Waals surface area (Å²) in [5.74, 6) is 2.46. The molecule has 2 fully saturated rings. The minimum absolute atomic E-state index is 0.579. The smallest absolute Gasteiger partial charge is 0.124 e. The maximum absolute atomic E-state index is 5.32. The Hall–Kier alpha value is -1.42. The average Bonchev–Trinajstić information content (AvgIpc) is 2.84. The van der Waals surface area contributed by atoms with Crippen LogP contribution >= 0.6 is 0 Å². The van der Waals surface area contributed by atoms with Crippen molar-refractivity contribution in [3.8, 4) is 11.5 Å². The van der Waals surface area contributed by atoms with Crippen LogP contribution in [0.15, 0.2) is 18.2 Å². The highest BCUT2D eigenvalue weighted by Gasteiger charge is 2.34. The first kappa shape index (κ1) is 12.6. The van der Waals surface area contributed by atoms with Gasteiger partial charge in [0.05, 0.1) is 14.2 Å². The van der Waals surface area contributed by atoms with Crippen LogP contribution in [0, 0.1) is 5.92 Å². The molecule has 104 valence electrons. The first-order valence-electron chi connectivity index (χ1n) is 7.00. The molecule has 2 saturated heterocycles. The first-order valence-corrected chi connectivity index (χ1v) is 7.00. The summed E-state index contributed by atoms with van der Waals surface area (Å²) < 4.78 is 10.6. The molecule has 0 amide bonds. The summed E-state index contributed by atoms with van der Waals surface area (Å²) in [6.45, 7) is 3.73. The van der Waals surface area contributed by atoms with Crippen LogP contribution in [0.2, 0.25) is 0 Å². The molecule has 2 heterocycles.